The zero-order valence-corrected chi connectivity index (χ0v) is 27.1. The first-order chi connectivity index (χ1) is 17.0. The third kappa shape index (κ3) is 4.83. The van der Waals surface area contributed by atoms with Crippen LogP contribution >= 0.6 is 0 Å². The van der Waals surface area contributed by atoms with Gasteiger partial charge in [-0.2, -0.15) is 0 Å². The smallest absolute Gasteiger partial charge is 0.305 e. The summed E-state index contributed by atoms with van der Waals surface area (Å²) in [5.41, 5.74) is 2.57. The van der Waals surface area contributed by atoms with E-state index in [1.807, 2.05) is 0 Å². The second-order valence-electron chi connectivity index (χ2n) is 16.1. The fourth-order valence-electron chi connectivity index (χ4n) is 9.74. The van der Waals surface area contributed by atoms with Crippen molar-refractivity contribution in [3.63, 3.8) is 0 Å². The zero-order chi connectivity index (χ0) is 27.6. The zero-order valence-electron chi connectivity index (χ0n) is 26.1. The fourth-order valence-corrected chi connectivity index (χ4v) is 11.2. The monoisotopic (exact) mass is 530 g/mol. The summed E-state index contributed by atoms with van der Waals surface area (Å²) in [5.74, 6) is 3.74. The molecular formula is C33H58O3Si. The molecule has 0 aromatic heterocycles. The Morgan fingerprint density at radius 2 is 1.73 bits per heavy atom. The molecule has 0 radical (unpaired) electrons. The Bertz CT molecular complexity index is 898. The normalized spacial score (nSPS) is 40.2. The summed E-state index contributed by atoms with van der Waals surface area (Å²) in [6.45, 7) is 24.6. The second-order valence-corrected chi connectivity index (χ2v) is 20.9. The number of esters is 1. The molecule has 4 aliphatic carbocycles. The summed E-state index contributed by atoms with van der Waals surface area (Å²) in [4.78, 5) is 11.8. The van der Waals surface area contributed by atoms with E-state index < -0.39 is 8.32 Å². The molecule has 0 unspecified atom stereocenters. The molecule has 0 aliphatic heterocycles. The lowest BCUT2D eigenvalue weighted by molar-refractivity contribution is -0.141. The molecule has 3 nitrogen and oxygen atoms in total. The van der Waals surface area contributed by atoms with E-state index >= 15 is 0 Å². The third-order valence-corrected chi connectivity index (χ3v) is 17.4. The number of methoxy groups -OCH3 is 1. The minimum absolute atomic E-state index is 0.0520. The van der Waals surface area contributed by atoms with E-state index in [-0.39, 0.29) is 16.4 Å². The van der Waals surface area contributed by atoms with Gasteiger partial charge in [-0.25, -0.2) is 0 Å². The van der Waals surface area contributed by atoms with Gasteiger partial charge in [-0.15, -0.1) is 0 Å². The molecule has 37 heavy (non-hydrogen) atoms. The lowest BCUT2D eigenvalue weighted by Gasteiger charge is -2.62. The largest absolute Gasteiger partial charge is 0.469 e. The molecule has 4 rings (SSSR count). The van der Waals surface area contributed by atoms with Crippen molar-refractivity contribution in [3.8, 4) is 0 Å². The van der Waals surface area contributed by atoms with E-state index in [1.54, 1.807) is 5.57 Å². The van der Waals surface area contributed by atoms with Gasteiger partial charge in [-0.05, 0) is 110 Å². The van der Waals surface area contributed by atoms with E-state index in [9.17, 15) is 4.79 Å². The molecule has 8 atom stereocenters. The van der Waals surface area contributed by atoms with Gasteiger partial charge in [0.1, 0.15) is 0 Å². The van der Waals surface area contributed by atoms with Crippen LogP contribution < -0.4 is 0 Å². The van der Waals surface area contributed by atoms with E-state index in [4.69, 9.17) is 9.16 Å². The highest BCUT2D eigenvalue weighted by molar-refractivity contribution is 6.74. The Labute approximate surface area is 230 Å². The Kier molecular flexibility index (Phi) is 7.77. The molecular weight excluding hydrogens is 472 g/mol. The standard InChI is InChI=1S/C33H58O3Si/c1-22(12-17-29(34)35-9)24-14-15-25-23-13-16-27-31(5,6)28(36-37(10,11)30(2,3)4)19-21-33(27,8)26(23)18-20-32(24,25)7/h16,22-26,28H,12-15,17-21H2,1-11H3/t22-,23+,24-,25+,26+,28+,32-,33-/m1/s1. The summed E-state index contributed by atoms with van der Waals surface area (Å²) >= 11 is 0. The second kappa shape index (κ2) is 9.79. The van der Waals surface area contributed by atoms with Gasteiger partial charge in [0.25, 0.3) is 0 Å². The van der Waals surface area contributed by atoms with Crippen molar-refractivity contribution in [2.75, 3.05) is 7.11 Å². The molecule has 0 N–H and O–H groups in total. The van der Waals surface area contributed by atoms with Crippen LogP contribution in [0.15, 0.2) is 11.6 Å². The third-order valence-electron chi connectivity index (χ3n) is 12.9. The molecule has 0 heterocycles. The minimum atomic E-state index is -1.82. The molecule has 0 aromatic rings. The average molecular weight is 531 g/mol. The van der Waals surface area contributed by atoms with Crippen molar-refractivity contribution < 1.29 is 14.0 Å². The van der Waals surface area contributed by atoms with Crippen LogP contribution in [0, 0.1) is 45.8 Å². The van der Waals surface area contributed by atoms with Gasteiger partial charge in [0.2, 0.25) is 0 Å². The van der Waals surface area contributed by atoms with Crippen LogP contribution in [-0.4, -0.2) is 27.5 Å². The summed E-state index contributed by atoms with van der Waals surface area (Å²) in [6.07, 6.45) is 13.8. The summed E-state index contributed by atoms with van der Waals surface area (Å²) in [7, 11) is -0.301. The maximum atomic E-state index is 11.8. The van der Waals surface area contributed by atoms with Crippen molar-refractivity contribution in [2.45, 2.75) is 137 Å². The Hall–Kier alpha value is -0.613. The molecule has 0 aromatic carbocycles. The molecule has 3 saturated carbocycles. The van der Waals surface area contributed by atoms with Gasteiger partial charge in [0.05, 0.1) is 13.2 Å². The van der Waals surface area contributed by atoms with Crippen LogP contribution in [0.25, 0.3) is 0 Å². The number of ether oxygens (including phenoxy) is 1. The van der Waals surface area contributed by atoms with Crippen molar-refractivity contribution >= 4 is 14.3 Å². The first-order valence-electron chi connectivity index (χ1n) is 15.4. The number of fused-ring (bicyclic) bond motifs is 5. The molecule has 4 heteroatoms. The van der Waals surface area contributed by atoms with Crippen molar-refractivity contribution in [3.05, 3.63) is 11.6 Å². The van der Waals surface area contributed by atoms with Gasteiger partial charge in [0.15, 0.2) is 8.32 Å². The molecule has 212 valence electrons. The Morgan fingerprint density at radius 1 is 1.05 bits per heavy atom. The summed E-state index contributed by atoms with van der Waals surface area (Å²) in [5, 5.41) is 0.247. The van der Waals surface area contributed by atoms with E-state index in [2.05, 4.69) is 74.6 Å². The summed E-state index contributed by atoms with van der Waals surface area (Å²) in [6, 6.07) is 0. The Morgan fingerprint density at radius 3 is 2.35 bits per heavy atom. The fraction of sp³-hybridized carbons (Fsp3) is 0.909. The molecule has 0 amide bonds. The summed E-state index contributed by atoms with van der Waals surface area (Å²) < 4.78 is 12.1. The predicted octanol–water partition coefficient (Wildman–Crippen LogP) is 9.18. The lowest BCUT2D eigenvalue weighted by Crippen LogP contribution is -2.57. The quantitative estimate of drug-likeness (QED) is 0.195. The van der Waals surface area contributed by atoms with E-state index in [1.165, 1.54) is 52.1 Å². The van der Waals surface area contributed by atoms with Crippen LogP contribution in [0.4, 0.5) is 0 Å². The van der Waals surface area contributed by atoms with Gasteiger partial charge in [-0.3, -0.25) is 4.79 Å². The number of carbonyl (C=O) groups excluding carboxylic acids is 1. The lowest BCUT2D eigenvalue weighted by atomic mass is 9.44. The highest BCUT2D eigenvalue weighted by atomic mass is 28.4. The van der Waals surface area contributed by atoms with E-state index in [0.29, 0.717) is 29.3 Å². The Balaban J connectivity index is 1.55. The van der Waals surface area contributed by atoms with Gasteiger partial charge < -0.3 is 9.16 Å². The van der Waals surface area contributed by atoms with Crippen LogP contribution in [-0.2, 0) is 14.0 Å². The van der Waals surface area contributed by atoms with Crippen LogP contribution in [0.2, 0.25) is 18.1 Å². The number of allylic oxidation sites excluding steroid dienone is 1. The average Bonchev–Trinajstić information content (AvgIpc) is 3.15. The molecule has 0 saturated heterocycles. The highest BCUT2D eigenvalue weighted by Gasteiger charge is 2.61. The van der Waals surface area contributed by atoms with Crippen molar-refractivity contribution in [1.82, 2.24) is 0 Å². The first-order valence-corrected chi connectivity index (χ1v) is 18.4. The predicted molar refractivity (Wildman–Crippen MR) is 157 cm³/mol. The van der Waals surface area contributed by atoms with Crippen molar-refractivity contribution in [2.24, 2.45) is 45.8 Å². The number of hydrogen-bond acceptors (Lipinski definition) is 3. The van der Waals surface area contributed by atoms with Gasteiger partial charge in [-0.1, -0.05) is 67.0 Å². The minimum Gasteiger partial charge on any atom is -0.469 e. The SMILES string of the molecule is COC(=O)CC[C@@H](C)[C@H]1CC[C@H]2[C@@H]3CC=C4C(C)(C)[C@@H](O[Si](C)(C)C(C)(C)C)CC[C@]4(C)[C@H]3CC[C@]12C. The number of rotatable bonds is 6. The van der Waals surface area contributed by atoms with Crippen molar-refractivity contribution in [1.29, 1.82) is 0 Å². The molecule has 0 spiro atoms. The maximum absolute atomic E-state index is 11.8. The first kappa shape index (κ1) is 29.4. The highest BCUT2D eigenvalue weighted by Crippen LogP contribution is 2.69. The topological polar surface area (TPSA) is 35.5 Å². The molecule has 0 bridgehead atoms. The maximum Gasteiger partial charge on any atom is 0.305 e. The molecule has 4 aliphatic rings. The van der Waals surface area contributed by atoms with E-state index in [0.717, 1.165) is 30.1 Å². The molecule has 3 fully saturated rings. The van der Waals surface area contributed by atoms with Crippen LogP contribution in [0.3, 0.4) is 0 Å². The van der Waals surface area contributed by atoms with Crippen LogP contribution in [0.5, 0.6) is 0 Å². The van der Waals surface area contributed by atoms with Crippen LogP contribution in [0.1, 0.15) is 113 Å². The van der Waals surface area contributed by atoms with Gasteiger partial charge in [0, 0.05) is 11.8 Å². The van der Waals surface area contributed by atoms with Gasteiger partial charge >= 0.3 is 5.97 Å². The number of hydrogen-bond donors (Lipinski definition) is 0. The number of carbonyl (C=O) groups is 1.